The monoisotopic (exact) mass is 387 g/mol. The van der Waals surface area contributed by atoms with Crippen LogP contribution in [0.25, 0.3) is 0 Å². The molecule has 0 unspecified atom stereocenters. The van der Waals surface area contributed by atoms with Crippen molar-refractivity contribution in [3.63, 3.8) is 0 Å². The van der Waals surface area contributed by atoms with Gasteiger partial charge >= 0.3 is 5.97 Å². The number of hydrogen-bond acceptors (Lipinski definition) is 7. The van der Waals surface area contributed by atoms with Crippen LogP contribution < -0.4 is 10.6 Å². The third-order valence-corrected chi connectivity index (χ3v) is 3.90. The number of nitrogens with one attached hydrogen (secondary N) is 2. The first kappa shape index (κ1) is 19.5. The second-order valence-corrected chi connectivity index (χ2v) is 6.03. The van der Waals surface area contributed by atoms with Gasteiger partial charge in [0, 0.05) is 17.4 Å². The summed E-state index contributed by atoms with van der Waals surface area (Å²) in [7, 11) is 1.32. The summed E-state index contributed by atoms with van der Waals surface area (Å²) in [6.45, 7) is 1.68. The number of benzene rings is 2. The van der Waals surface area contributed by atoms with Gasteiger partial charge in [0.15, 0.2) is 0 Å². The van der Waals surface area contributed by atoms with E-state index in [-0.39, 0.29) is 5.69 Å². The van der Waals surface area contributed by atoms with Crippen LogP contribution >= 0.6 is 0 Å². The van der Waals surface area contributed by atoms with E-state index in [1.54, 1.807) is 55.5 Å². The van der Waals surface area contributed by atoms with Crippen LogP contribution in [0.15, 0.2) is 54.6 Å². The number of anilines is 3. The second-order valence-electron chi connectivity index (χ2n) is 6.03. The number of carbonyl (C=O) groups excluding carboxylic acids is 2. The Balaban J connectivity index is 1.77. The fraction of sp³-hybridized carbons (Fsp3) is 0.0952. The maximum atomic E-state index is 12.6. The number of amides is 1. The molecule has 0 radical (unpaired) electrons. The lowest BCUT2D eigenvalue weighted by molar-refractivity contribution is 0.0600. The van der Waals surface area contributed by atoms with Gasteiger partial charge in [-0.2, -0.15) is 5.26 Å². The molecular formula is C21H17N5O3. The van der Waals surface area contributed by atoms with Crippen molar-refractivity contribution in [3.05, 3.63) is 77.2 Å². The van der Waals surface area contributed by atoms with Gasteiger partial charge in [-0.1, -0.05) is 6.07 Å². The molecule has 8 heteroatoms. The van der Waals surface area contributed by atoms with E-state index in [0.29, 0.717) is 34.1 Å². The number of aryl methyl sites for hydroxylation is 1. The molecular weight excluding hydrogens is 370 g/mol. The van der Waals surface area contributed by atoms with Crippen LogP contribution in [0.3, 0.4) is 0 Å². The Bertz CT molecular complexity index is 1100. The fourth-order valence-electron chi connectivity index (χ4n) is 2.57. The van der Waals surface area contributed by atoms with Crippen LogP contribution in [0.2, 0.25) is 0 Å². The predicted molar refractivity (Wildman–Crippen MR) is 107 cm³/mol. The number of nitriles is 1. The van der Waals surface area contributed by atoms with E-state index >= 15 is 0 Å². The lowest BCUT2D eigenvalue weighted by atomic mass is 10.2. The number of methoxy groups -OCH3 is 1. The van der Waals surface area contributed by atoms with Crippen LogP contribution in [0.5, 0.6) is 0 Å². The zero-order valence-electron chi connectivity index (χ0n) is 15.8. The zero-order chi connectivity index (χ0) is 20.8. The molecule has 3 rings (SSSR count). The summed E-state index contributed by atoms with van der Waals surface area (Å²) >= 11 is 0. The predicted octanol–water partition coefficient (Wildman–Crippen LogP) is 3.44. The number of ether oxygens (including phenoxy) is 1. The molecule has 3 aromatic rings. The van der Waals surface area contributed by atoms with Crippen molar-refractivity contribution in [2.75, 3.05) is 17.7 Å². The van der Waals surface area contributed by atoms with Gasteiger partial charge in [0.05, 0.1) is 24.3 Å². The molecule has 0 bridgehead atoms. The Labute approximate surface area is 167 Å². The van der Waals surface area contributed by atoms with E-state index in [9.17, 15) is 9.59 Å². The Morgan fingerprint density at radius 1 is 1.03 bits per heavy atom. The lowest BCUT2D eigenvalue weighted by Gasteiger charge is -2.10. The van der Waals surface area contributed by atoms with Crippen molar-refractivity contribution in [1.82, 2.24) is 9.97 Å². The van der Waals surface area contributed by atoms with Crippen LogP contribution in [0, 0.1) is 18.3 Å². The summed E-state index contributed by atoms with van der Waals surface area (Å²) in [5, 5.41) is 14.8. The van der Waals surface area contributed by atoms with Crippen molar-refractivity contribution >= 4 is 29.1 Å². The highest BCUT2D eigenvalue weighted by atomic mass is 16.5. The lowest BCUT2D eigenvalue weighted by Crippen LogP contribution is -2.15. The van der Waals surface area contributed by atoms with Crippen LogP contribution in [0.1, 0.15) is 32.2 Å². The minimum absolute atomic E-state index is 0.175. The van der Waals surface area contributed by atoms with Gasteiger partial charge in [0.25, 0.3) is 5.91 Å². The standard InChI is InChI=1S/C21H17N5O3/c1-13-23-18(20(27)26-17-5-3-4-14(10-17)12-22)11-19(24-13)25-16-8-6-15(7-9-16)21(28)29-2/h3-11H,1-2H3,(H,26,27)(H,23,24,25). The van der Waals surface area contributed by atoms with Gasteiger partial charge in [-0.05, 0) is 49.4 Å². The normalized spacial score (nSPS) is 9.97. The molecule has 144 valence electrons. The van der Waals surface area contributed by atoms with Gasteiger partial charge in [-0.3, -0.25) is 4.79 Å². The summed E-state index contributed by atoms with van der Waals surface area (Å²) in [5.41, 5.74) is 2.23. The molecule has 0 saturated carbocycles. The summed E-state index contributed by atoms with van der Waals surface area (Å²) in [6, 6.07) is 16.8. The van der Waals surface area contributed by atoms with E-state index in [1.165, 1.54) is 13.2 Å². The Morgan fingerprint density at radius 3 is 2.48 bits per heavy atom. The highest BCUT2D eigenvalue weighted by Gasteiger charge is 2.12. The molecule has 1 amide bonds. The smallest absolute Gasteiger partial charge is 0.337 e. The van der Waals surface area contributed by atoms with Gasteiger partial charge in [-0.25, -0.2) is 14.8 Å². The summed E-state index contributed by atoms with van der Waals surface area (Å²) < 4.78 is 4.67. The van der Waals surface area contributed by atoms with Gasteiger partial charge in [0.1, 0.15) is 17.3 Å². The highest BCUT2D eigenvalue weighted by molar-refractivity contribution is 6.03. The zero-order valence-corrected chi connectivity index (χ0v) is 15.8. The Hall–Kier alpha value is -4.25. The number of aromatic nitrogens is 2. The molecule has 0 atom stereocenters. The molecule has 0 saturated heterocycles. The first-order chi connectivity index (χ1) is 14.0. The summed E-state index contributed by atoms with van der Waals surface area (Å²) in [5.74, 6) is -0.000107. The molecule has 0 aliphatic carbocycles. The topological polar surface area (TPSA) is 117 Å². The molecule has 0 aliphatic rings. The van der Waals surface area contributed by atoms with E-state index in [2.05, 4.69) is 25.3 Å². The molecule has 2 aromatic carbocycles. The molecule has 0 spiro atoms. The average molecular weight is 387 g/mol. The van der Waals surface area contributed by atoms with Crippen LogP contribution in [-0.2, 0) is 4.74 Å². The van der Waals surface area contributed by atoms with Crippen molar-refractivity contribution < 1.29 is 14.3 Å². The van der Waals surface area contributed by atoms with Crippen molar-refractivity contribution in [2.45, 2.75) is 6.92 Å². The highest BCUT2D eigenvalue weighted by Crippen LogP contribution is 2.18. The van der Waals surface area contributed by atoms with E-state index < -0.39 is 11.9 Å². The largest absolute Gasteiger partial charge is 0.465 e. The fourth-order valence-corrected chi connectivity index (χ4v) is 2.57. The van der Waals surface area contributed by atoms with Crippen LogP contribution in [-0.4, -0.2) is 29.0 Å². The maximum absolute atomic E-state index is 12.6. The van der Waals surface area contributed by atoms with Gasteiger partial charge in [0.2, 0.25) is 0 Å². The second kappa shape index (κ2) is 8.63. The minimum Gasteiger partial charge on any atom is -0.465 e. The van der Waals surface area contributed by atoms with Crippen LogP contribution in [0.4, 0.5) is 17.2 Å². The maximum Gasteiger partial charge on any atom is 0.337 e. The average Bonchev–Trinajstić information content (AvgIpc) is 2.73. The van der Waals surface area contributed by atoms with Crippen molar-refractivity contribution in [2.24, 2.45) is 0 Å². The molecule has 8 nitrogen and oxygen atoms in total. The van der Waals surface area contributed by atoms with Gasteiger partial charge < -0.3 is 15.4 Å². The number of hydrogen-bond donors (Lipinski definition) is 2. The third kappa shape index (κ3) is 4.93. The molecule has 0 fully saturated rings. The van der Waals surface area contributed by atoms with E-state index in [0.717, 1.165) is 0 Å². The molecule has 0 aliphatic heterocycles. The Kier molecular flexibility index (Phi) is 5.80. The number of nitrogens with zero attached hydrogens (tertiary/aromatic N) is 3. The van der Waals surface area contributed by atoms with E-state index in [4.69, 9.17) is 5.26 Å². The quantitative estimate of drug-likeness (QED) is 0.644. The molecule has 29 heavy (non-hydrogen) atoms. The Morgan fingerprint density at radius 2 is 1.79 bits per heavy atom. The number of carbonyl (C=O) groups is 2. The first-order valence-electron chi connectivity index (χ1n) is 8.61. The molecule has 1 heterocycles. The summed E-state index contributed by atoms with van der Waals surface area (Å²) in [6.07, 6.45) is 0. The number of rotatable bonds is 5. The van der Waals surface area contributed by atoms with Crippen molar-refractivity contribution in [1.29, 1.82) is 5.26 Å². The number of esters is 1. The SMILES string of the molecule is COC(=O)c1ccc(Nc2cc(C(=O)Nc3cccc(C#N)c3)nc(C)n2)cc1. The first-order valence-corrected chi connectivity index (χ1v) is 8.61. The minimum atomic E-state index is -0.422. The van der Waals surface area contributed by atoms with Crippen molar-refractivity contribution in [3.8, 4) is 6.07 Å². The molecule has 1 aromatic heterocycles. The van der Waals surface area contributed by atoms with Gasteiger partial charge in [-0.15, -0.1) is 0 Å². The third-order valence-electron chi connectivity index (χ3n) is 3.90. The molecule has 2 N–H and O–H groups in total. The summed E-state index contributed by atoms with van der Waals surface area (Å²) in [4.78, 5) is 32.5. The van der Waals surface area contributed by atoms with E-state index in [1.807, 2.05) is 6.07 Å².